The number of aromatic amines is 1. The molecule has 0 saturated carbocycles. The molecule has 0 bridgehead atoms. The molecule has 126 valence electrons. The van der Waals surface area contributed by atoms with E-state index in [0.717, 1.165) is 4.47 Å². The Morgan fingerprint density at radius 3 is 2.52 bits per heavy atom. The van der Waals surface area contributed by atoms with Crippen molar-refractivity contribution in [3.05, 3.63) is 76.5 Å². The molecule has 2 N–H and O–H groups in total. The molecule has 0 aliphatic carbocycles. The first-order valence-electron chi connectivity index (χ1n) is 7.51. The second-order valence-corrected chi connectivity index (χ2v) is 6.20. The highest BCUT2D eigenvalue weighted by atomic mass is 79.9. The van der Waals surface area contributed by atoms with Crippen molar-refractivity contribution in [2.75, 3.05) is 12.4 Å². The fraction of sp³-hybridized carbons (Fsp3) is 0.0526. The van der Waals surface area contributed by atoms with E-state index in [1.54, 1.807) is 30.6 Å². The van der Waals surface area contributed by atoms with Crippen molar-refractivity contribution in [3.63, 3.8) is 0 Å². The van der Waals surface area contributed by atoms with Gasteiger partial charge in [0.2, 0.25) is 0 Å². The zero-order valence-electron chi connectivity index (χ0n) is 13.4. The Labute approximate surface area is 153 Å². The number of anilines is 1. The van der Waals surface area contributed by atoms with Gasteiger partial charge in [0.25, 0.3) is 0 Å². The lowest BCUT2D eigenvalue weighted by Crippen LogP contribution is -2.12. The number of benzene rings is 2. The van der Waals surface area contributed by atoms with Crippen molar-refractivity contribution < 1.29 is 14.3 Å². The van der Waals surface area contributed by atoms with E-state index in [1.165, 1.54) is 7.11 Å². The van der Waals surface area contributed by atoms with E-state index in [2.05, 4.69) is 31.0 Å². The maximum atomic E-state index is 12.8. The number of carbonyl (C=O) groups is 2. The highest BCUT2D eigenvalue weighted by molar-refractivity contribution is 9.10. The average Bonchev–Trinajstić information content (AvgIpc) is 3.11. The number of ether oxygens (including phenoxy) is 1. The van der Waals surface area contributed by atoms with E-state index >= 15 is 0 Å². The van der Waals surface area contributed by atoms with Gasteiger partial charge in [0, 0.05) is 39.1 Å². The van der Waals surface area contributed by atoms with E-state index in [4.69, 9.17) is 0 Å². The minimum Gasteiger partial charge on any atom is -0.453 e. The molecule has 0 radical (unpaired) electrons. The standard InChI is InChI=1S/C19H15BrN2O3/c1-25-19(24)22-17-9-13(20)7-8-14(17)15-10-21-11-16(15)18(23)12-5-3-2-4-6-12/h2-11,21H,1H3,(H,22,24). The van der Waals surface area contributed by atoms with Crippen LogP contribution in [0.15, 0.2) is 65.4 Å². The summed E-state index contributed by atoms with van der Waals surface area (Å²) < 4.78 is 5.47. The van der Waals surface area contributed by atoms with Crippen molar-refractivity contribution in [2.45, 2.75) is 0 Å². The Bertz CT molecular complexity index is 919. The van der Waals surface area contributed by atoms with Gasteiger partial charge in [0.05, 0.1) is 12.8 Å². The molecule has 2 aromatic carbocycles. The Kier molecular flexibility index (Phi) is 5.00. The van der Waals surface area contributed by atoms with Gasteiger partial charge >= 0.3 is 6.09 Å². The van der Waals surface area contributed by atoms with Crippen LogP contribution in [0.3, 0.4) is 0 Å². The SMILES string of the molecule is COC(=O)Nc1cc(Br)ccc1-c1c[nH]cc1C(=O)c1ccccc1. The molecule has 0 fully saturated rings. The van der Waals surface area contributed by atoms with Crippen molar-refractivity contribution in [3.8, 4) is 11.1 Å². The minimum atomic E-state index is -0.578. The van der Waals surface area contributed by atoms with Crippen molar-refractivity contribution in [1.29, 1.82) is 0 Å². The lowest BCUT2D eigenvalue weighted by molar-refractivity contribution is 0.103. The van der Waals surface area contributed by atoms with E-state index in [0.29, 0.717) is 27.9 Å². The van der Waals surface area contributed by atoms with Gasteiger partial charge in [-0.2, -0.15) is 0 Å². The van der Waals surface area contributed by atoms with Crippen LogP contribution < -0.4 is 5.32 Å². The largest absolute Gasteiger partial charge is 0.453 e. The number of methoxy groups -OCH3 is 1. The van der Waals surface area contributed by atoms with E-state index in [9.17, 15) is 9.59 Å². The zero-order chi connectivity index (χ0) is 17.8. The predicted octanol–water partition coefficient (Wildman–Crippen LogP) is 4.85. The predicted molar refractivity (Wildman–Crippen MR) is 99.8 cm³/mol. The third kappa shape index (κ3) is 3.64. The topological polar surface area (TPSA) is 71.2 Å². The first kappa shape index (κ1) is 17.0. The van der Waals surface area contributed by atoms with Crippen LogP contribution in [0, 0.1) is 0 Å². The fourth-order valence-electron chi connectivity index (χ4n) is 2.54. The van der Waals surface area contributed by atoms with Crippen molar-refractivity contribution >= 4 is 33.5 Å². The van der Waals surface area contributed by atoms with Gasteiger partial charge in [0.15, 0.2) is 5.78 Å². The molecule has 1 heterocycles. The number of rotatable bonds is 4. The Hall–Kier alpha value is -2.86. The van der Waals surface area contributed by atoms with Crippen LogP contribution in [-0.4, -0.2) is 24.0 Å². The summed E-state index contributed by atoms with van der Waals surface area (Å²) in [6.07, 6.45) is 2.82. The molecular weight excluding hydrogens is 384 g/mol. The number of amides is 1. The number of nitrogens with one attached hydrogen (secondary N) is 2. The van der Waals surface area contributed by atoms with Crippen LogP contribution in [-0.2, 0) is 4.74 Å². The second-order valence-electron chi connectivity index (χ2n) is 5.28. The van der Waals surface area contributed by atoms with Crippen molar-refractivity contribution in [1.82, 2.24) is 4.98 Å². The molecule has 0 saturated heterocycles. The molecule has 6 heteroatoms. The summed E-state index contributed by atoms with van der Waals surface area (Å²) in [5.74, 6) is -0.0937. The lowest BCUT2D eigenvalue weighted by atomic mass is 9.97. The molecule has 3 aromatic rings. The summed E-state index contributed by atoms with van der Waals surface area (Å²) >= 11 is 3.39. The minimum absolute atomic E-state index is 0.0937. The van der Waals surface area contributed by atoms with Crippen molar-refractivity contribution in [2.24, 2.45) is 0 Å². The van der Waals surface area contributed by atoms with Gasteiger partial charge in [-0.1, -0.05) is 52.3 Å². The van der Waals surface area contributed by atoms with E-state index in [1.807, 2.05) is 30.3 Å². The van der Waals surface area contributed by atoms with Crippen LogP contribution in [0.1, 0.15) is 15.9 Å². The van der Waals surface area contributed by atoms with Gasteiger partial charge in [0.1, 0.15) is 0 Å². The smallest absolute Gasteiger partial charge is 0.411 e. The number of carbonyl (C=O) groups excluding carboxylic acids is 2. The molecule has 0 aliphatic heterocycles. The molecule has 3 rings (SSSR count). The summed E-state index contributed by atoms with van der Waals surface area (Å²) in [5.41, 5.74) is 3.09. The van der Waals surface area contributed by atoms with Gasteiger partial charge in [-0.3, -0.25) is 10.1 Å². The Balaban J connectivity index is 2.06. The number of hydrogen-bond donors (Lipinski definition) is 2. The number of H-pyrrole nitrogens is 1. The maximum Gasteiger partial charge on any atom is 0.411 e. The summed E-state index contributed by atoms with van der Waals surface area (Å²) in [6.45, 7) is 0. The molecule has 0 spiro atoms. The molecule has 1 aromatic heterocycles. The summed E-state index contributed by atoms with van der Waals surface area (Å²) in [4.78, 5) is 27.4. The molecular formula is C19H15BrN2O3. The first-order chi connectivity index (χ1) is 12.1. The van der Waals surface area contributed by atoms with Gasteiger partial charge in [-0.15, -0.1) is 0 Å². The number of aromatic nitrogens is 1. The van der Waals surface area contributed by atoms with Crippen LogP contribution in [0.4, 0.5) is 10.5 Å². The first-order valence-corrected chi connectivity index (χ1v) is 8.31. The third-order valence-electron chi connectivity index (χ3n) is 3.72. The molecule has 25 heavy (non-hydrogen) atoms. The molecule has 5 nitrogen and oxygen atoms in total. The number of hydrogen-bond acceptors (Lipinski definition) is 3. The molecule has 0 atom stereocenters. The Morgan fingerprint density at radius 2 is 1.80 bits per heavy atom. The van der Waals surface area contributed by atoms with Crippen LogP contribution in [0.5, 0.6) is 0 Å². The maximum absolute atomic E-state index is 12.8. The highest BCUT2D eigenvalue weighted by Gasteiger charge is 2.18. The van der Waals surface area contributed by atoms with E-state index < -0.39 is 6.09 Å². The van der Waals surface area contributed by atoms with Gasteiger partial charge in [-0.25, -0.2) is 4.79 Å². The molecule has 1 amide bonds. The summed E-state index contributed by atoms with van der Waals surface area (Å²) in [6, 6.07) is 14.5. The van der Waals surface area contributed by atoms with Gasteiger partial charge in [-0.05, 0) is 12.1 Å². The highest BCUT2D eigenvalue weighted by Crippen LogP contribution is 2.34. The summed E-state index contributed by atoms with van der Waals surface area (Å²) in [5, 5.41) is 2.68. The molecule has 0 unspecified atom stereocenters. The average molecular weight is 399 g/mol. The number of ketones is 1. The monoisotopic (exact) mass is 398 g/mol. The second kappa shape index (κ2) is 7.36. The van der Waals surface area contributed by atoms with Crippen LogP contribution >= 0.6 is 15.9 Å². The quantitative estimate of drug-likeness (QED) is 0.616. The third-order valence-corrected chi connectivity index (χ3v) is 4.21. The Morgan fingerprint density at radius 1 is 1.04 bits per heavy atom. The lowest BCUT2D eigenvalue weighted by Gasteiger charge is -2.12. The zero-order valence-corrected chi connectivity index (χ0v) is 15.0. The molecule has 0 aliphatic rings. The van der Waals surface area contributed by atoms with E-state index in [-0.39, 0.29) is 5.78 Å². The number of halogens is 1. The normalized spacial score (nSPS) is 10.3. The van der Waals surface area contributed by atoms with Crippen LogP contribution in [0.2, 0.25) is 0 Å². The van der Waals surface area contributed by atoms with Crippen LogP contribution in [0.25, 0.3) is 11.1 Å². The fourth-order valence-corrected chi connectivity index (χ4v) is 2.90. The van der Waals surface area contributed by atoms with Gasteiger partial charge < -0.3 is 9.72 Å². The summed E-state index contributed by atoms with van der Waals surface area (Å²) in [7, 11) is 1.30.